The maximum atomic E-state index is 11.7. The van der Waals surface area contributed by atoms with Crippen LogP contribution in [0.4, 0.5) is 0 Å². The van der Waals surface area contributed by atoms with E-state index in [-0.39, 0.29) is 12.5 Å². The number of halogens is 1. The molecular weight excluding hydrogens is 314 g/mol. The lowest BCUT2D eigenvalue weighted by molar-refractivity contribution is -0.171. The highest BCUT2D eigenvalue weighted by Gasteiger charge is 2.40. The Kier molecular flexibility index (Phi) is 3.91. The standard InChI is InChI=1S/C13H14BrNO4/c1-7-5-8(3-4-9(7)14)11-12(13(17)18)19-6-10(16)15(11)2/h3-5,11-12H,6H2,1-2H3,(H,17,18). The second-order valence-corrected chi connectivity index (χ2v) is 5.38. The monoisotopic (exact) mass is 327 g/mol. The van der Waals surface area contributed by atoms with Crippen molar-refractivity contribution >= 4 is 27.8 Å². The zero-order valence-corrected chi connectivity index (χ0v) is 12.2. The van der Waals surface area contributed by atoms with Gasteiger partial charge < -0.3 is 14.7 Å². The van der Waals surface area contributed by atoms with Crippen molar-refractivity contribution < 1.29 is 19.4 Å². The number of amides is 1. The lowest BCUT2D eigenvalue weighted by Crippen LogP contribution is -2.50. The van der Waals surface area contributed by atoms with Crippen LogP contribution in [0.3, 0.4) is 0 Å². The van der Waals surface area contributed by atoms with Crippen molar-refractivity contribution in [2.75, 3.05) is 13.7 Å². The van der Waals surface area contributed by atoms with Gasteiger partial charge in [-0.3, -0.25) is 4.79 Å². The van der Waals surface area contributed by atoms with Gasteiger partial charge in [0.1, 0.15) is 6.61 Å². The zero-order valence-electron chi connectivity index (χ0n) is 10.6. The number of carbonyl (C=O) groups excluding carboxylic acids is 1. The minimum atomic E-state index is -1.06. The van der Waals surface area contributed by atoms with Gasteiger partial charge in [-0.05, 0) is 24.1 Å². The first-order chi connectivity index (χ1) is 8.91. The first-order valence-corrected chi connectivity index (χ1v) is 6.57. The fourth-order valence-electron chi connectivity index (χ4n) is 2.17. The Labute approximate surface area is 119 Å². The van der Waals surface area contributed by atoms with Crippen LogP contribution in [0.1, 0.15) is 17.2 Å². The van der Waals surface area contributed by atoms with Crippen LogP contribution in [0.5, 0.6) is 0 Å². The summed E-state index contributed by atoms with van der Waals surface area (Å²) in [5.74, 6) is -1.28. The molecule has 1 N–H and O–H groups in total. The summed E-state index contributed by atoms with van der Waals surface area (Å²) in [5, 5.41) is 9.23. The van der Waals surface area contributed by atoms with Crippen molar-refractivity contribution in [2.45, 2.75) is 19.1 Å². The van der Waals surface area contributed by atoms with Gasteiger partial charge in [0.05, 0.1) is 6.04 Å². The van der Waals surface area contributed by atoms with Gasteiger partial charge in [0, 0.05) is 11.5 Å². The summed E-state index contributed by atoms with van der Waals surface area (Å²) in [5.41, 5.74) is 1.73. The molecule has 102 valence electrons. The van der Waals surface area contributed by atoms with Crippen molar-refractivity contribution in [2.24, 2.45) is 0 Å². The summed E-state index contributed by atoms with van der Waals surface area (Å²) in [6.45, 7) is 1.72. The molecule has 2 atom stereocenters. The van der Waals surface area contributed by atoms with E-state index in [0.717, 1.165) is 15.6 Å². The molecule has 1 aliphatic rings. The molecule has 0 aromatic heterocycles. The van der Waals surface area contributed by atoms with Gasteiger partial charge in [-0.25, -0.2) is 4.79 Å². The first-order valence-electron chi connectivity index (χ1n) is 5.78. The van der Waals surface area contributed by atoms with Crippen LogP contribution in [0.15, 0.2) is 22.7 Å². The highest BCUT2D eigenvalue weighted by Crippen LogP contribution is 2.31. The summed E-state index contributed by atoms with van der Waals surface area (Å²) >= 11 is 3.40. The molecule has 1 aromatic rings. The highest BCUT2D eigenvalue weighted by atomic mass is 79.9. The third kappa shape index (κ3) is 2.64. The van der Waals surface area contributed by atoms with Crippen molar-refractivity contribution in [3.8, 4) is 0 Å². The number of hydrogen-bond acceptors (Lipinski definition) is 3. The molecule has 19 heavy (non-hydrogen) atoms. The Balaban J connectivity index is 2.43. The third-order valence-electron chi connectivity index (χ3n) is 3.25. The van der Waals surface area contributed by atoms with Crippen molar-refractivity contribution in [1.29, 1.82) is 0 Å². The molecule has 0 spiro atoms. The quantitative estimate of drug-likeness (QED) is 0.898. The number of carboxylic acids is 1. The lowest BCUT2D eigenvalue weighted by atomic mass is 9.97. The predicted octanol–water partition coefficient (Wildman–Crippen LogP) is 1.74. The van der Waals surface area contributed by atoms with Crippen molar-refractivity contribution in [1.82, 2.24) is 4.90 Å². The van der Waals surface area contributed by atoms with Crippen LogP contribution in [0.25, 0.3) is 0 Å². The van der Waals surface area contributed by atoms with Crippen molar-refractivity contribution in [3.05, 3.63) is 33.8 Å². The molecule has 1 aromatic carbocycles. The summed E-state index contributed by atoms with van der Waals surface area (Å²) in [7, 11) is 1.60. The molecule has 1 fully saturated rings. The van der Waals surface area contributed by atoms with Gasteiger partial charge in [-0.15, -0.1) is 0 Å². The molecule has 2 unspecified atom stereocenters. The molecule has 0 aliphatic carbocycles. The van der Waals surface area contributed by atoms with Crippen LogP contribution in [-0.4, -0.2) is 41.6 Å². The fraction of sp³-hybridized carbons (Fsp3) is 0.385. The second-order valence-electron chi connectivity index (χ2n) is 4.53. The minimum Gasteiger partial charge on any atom is -0.479 e. The average Bonchev–Trinajstić information content (AvgIpc) is 2.35. The number of rotatable bonds is 2. The number of aryl methyl sites for hydroxylation is 1. The average molecular weight is 328 g/mol. The van der Waals surface area contributed by atoms with E-state index in [0.29, 0.717) is 0 Å². The fourth-order valence-corrected chi connectivity index (χ4v) is 2.42. The van der Waals surface area contributed by atoms with Crippen LogP contribution in [0.2, 0.25) is 0 Å². The largest absolute Gasteiger partial charge is 0.479 e. The van der Waals surface area contributed by atoms with E-state index in [9.17, 15) is 14.7 Å². The van der Waals surface area contributed by atoms with Gasteiger partial charge >= 0.3 is 5.97 Å². The molecule has 2 rings (SSSR count). The van der Waals surface area contributed by atoms with Crippen LogP contribution < -0.4 is 0 Å². The van der Waals surface area contributed by atoms with E-state index >= 15 is 0 Å². The Morgan fingerprint density at radius 3 is 2.79 bits per heavy atom. The molecular formula is C13H14BrNO4. The van der Waals surface area contributed by atoms with E-state index < -0.39 is 18.1 Å². The van der Waals surface area contributed by atoms with Gasteiger partial charge in [-0.2, -0.15) is 0 Å². The van der Waals surface area contributed by atoms with Crippen LogP contribution in [-0.2, 0) is 14.3 Å². The number of nitrogens with zero attached hydrogens (tertiary/aromatic N) is 1. The topological polar surface area (TPSA) is 66.8 Å². The summed E-state index contributed by atoms with van der Waals surface area (Å²) < 4.78 is 6.10. The predicted molar refractivity (Wildman–Crippen MR) is 71.8 cm³/mol. The Morgan fingerprint density at radius 2 is 2.21 bits per heavy atom. The normalized spacial score (nSPS) is 23.5. The van der Waals surface area contributed by atoms with Gasteiger partial charge in [0.25, 0.3) is 0 Å². The zero-order chi connectivity index (χ0) is 14.2. The molecule has 0 bridgehead atoms. The second kappa shape index (κ2) is 5.30. The summed E-state index contributed by atoms with van der Waals surface area (Å²) in [6.07, 6.45) is -1.04. The number of hydrogen-bond donors (Lipinski definition) is 1. The molecule has 1 aliphatic heterocycles. The highest BCUT2D eigenvalue weighted by molar-refractivity contribution is 9.10. The maximum absolute atomic E-state index is 11.7. The van der Waals surface area contributed by atoms with Gasteiger partial charge in [-0.1, -0.05) is 28.1 Å². The Hall–Kier alpha value is -1.40. The van der Waals surface area contributed by atoms with E-state index in [1.54, 1.807) is 13.1 Å². The van der Waals surface area contributed by atoms with E-state index in [2.05, 4.69) is 15.9 Å². The number of carbonyl (C=O) groups is 2. The van der Waals surface area contributed by atoms with Crippen LogP contribution in [0, 0.1) is 6.92 Å². The van der Waals surface area contributed by atoms with Crippen LogP contribution >= 0.6 is 15.9 Å². The molecule has 1 saturated heterocycles. The maximum Gasteiger partial charge on any atom is 0.335 e. The van der Waals surface area contributed by atoms with Crippen molar-refractivity contribution in [3.63, 3.8) is 0 Å². The van der Waals surface area contributed by atoms with E-state index in [1.165, 1.54) is 4.90 Å². The number of likely N-dealkylation sites (N-methyl/N-ethyl adjacent to an activating group) is 1. The van der Waals surface area contributed by atoms with E-state index in [1.807, 2.05) is 19.1 Å². The SMILES string of the molecule is Cc1cc(C2C(C(=O)O)OCC(=O)N2C)ccc1Br. The lowest BCUT2D eigenvalue weighted by Gasteiger charge is -2.37. The molecule has 1 amide bonds. The molecule has 1 heterocycles. The number of carboxylic acid groups (broad SMARTS) is 1. The Morgan fingerprint density at radius 1 is 1.53 bits per heavy atom. The molecule has 0 radical (unpaired) electrons. The summed E-state index contributed by atoms with van der Waals surface area (Å²) in [4.78, 5) is 24.4. The molecule has 0 saturated carbocycles. The third-order valence-corrected chi connectivity index (χ3v) is 4.14. The summed E-state index contributed by atoms with van der Waals surface area (Å²) in [6, 6.07) is 4.90. The van der Waals surface area contributed by atoms with E-state index in [4.69, 9.17) is 4.74 Å². The van der Waals surface area contributed by atoms with Gasteiger partial charge in [0.2, 0.25) is 5.91 Å². The number of morpholine rings is 1. The number of aliphatic carboxylic acids is 1. The number of benzene rings is 1. The number of ether oxygens (including phenoxy) is 1. The van der Waals surface area contributed by atoms with Gasteiger partial charge in [0.15, 0.2) is 6.10 Å². The smallest absolute Gasteiger partial charge is 0.335 e. The molecule has 6 heteroatoms. The first kappa shape index (κ1) is 14.0. The molecule has 5 nitrogen and oxygen atoms in total. The minimum absolute atomic E-state index is 0.195. The Bertz CT molecular complexity index is 531.